The van der Waals surface area contributed by atoms with Crippen molar-refractivity contribution in [1.82, 2.24) is 0 Å². The zero-order chi connectivity index (χ0) is 12.8. The van der Waals surface area contributed by atoms with Crippen molar-refractivity contribution in [3.05, 3.63) is 29.3 Å². The van der Waals surface area contributed by atoms with Crippen molar-refractivity contribution in [2.24, 2.45) is 5.73 Å². The summed E-state index contributed by atoms with van der Waals surface area (Å²) in [5, 5.41) is 0. The quantitative estimate of drug-likeness (QED) is 0.778. The van der Waals surface area contributed by atoms with Gasteiger partial charge in [0, 0.05) is 13.2 Å². The van der Waals surface area contributed by atoms with Gasteiger partial charge in [-0.2, -0.15) is 0 Å². The number of rotatable bonds is 6. The summed E-state index contributed by atoms with van der Waals surface area (Å²) in [7, 11) is 1.49. The third-order valence-electron chi connectivity index (χ3n) is 2.15. The fourth-order valence-corrected chi connectivity index (χ4v) is 1.47. The number of methoxy groups -OCH3 is 1. The van der Waals surface area contributed by atoms with Crippen LogP contribution in [0.5, 0.6) is 5.75 Å². The van der Waals surface area contributed by atoms with Crippen molar-refractivity contribution in [3.63, 3.8) is 0 Å². The van der Waals surface area contributed by atoms with Gasteiger partial charge in [0.05, 0.1) is 6.61 Å². The van der Waals surface area contributed by atoms with Crippen molar-refractivity contribution in [3.8, 4) is 5.75 Å². The first-order valence-electron chi connectivity index (χ1n) is 5.39. The number of ether oxygens (including phenoxy) is 2. The Balaban J connectivity index is 2.79. The van der Waals surface area contributed by atoms with Crippen LogP contribution >= 0.6 is 0 Å². The second-order valence-electron chi connectivity index (χ2n) is 3.91. The van der Waals surface area contributed by atoms with Crippen LogP contribution in [0, 0.1) is 11.6 Å². The van der Waals surface area contributed by atoms with E-state index in [4.69, 9.17) is 15.2 Å². The monoisotopic (exact) mass is 245 g/mol. The highest BCUT2D eigenvalue weighted by Crippen LogP contribution is 2.23. The normalized spacial score (nSPS) is 12.5. The van der Waals surface area contributed by atoms with Crippen LogP contribution in [0.3, 0.4) is 0 Å². The van der Waals surface area contributed by atoms with E-state index in [0.717, 1.165) is 0 Å². The molecule has 0 amide bonds. The average Bonchev–Trinajstić information content (AvgIpc) is 2.21. The van der Waals surface area contributed by atoms with E-state index in [1.165, 1.54) is 19.2 Å². The Morgan fingerprint density at radius 1 is 1.24 bits per heavy atom. The van der Waals surface area contributed by atoms with E-state index in [0.29, 0.717) is 12.0 Å². The van der Waals surface area contributed by atoms with Crippen LogP contribution in [0.15, 0.2) is 12.1 Å². The fraction of sp³-hybridized carbons (Fsp3) is 0.500. The molecule has 0 radical (unpaired) electrons. The SMILES string of the molecule is COCCOc1c(F)cc(CC(C)N)cc1F. The van der Waals surface area contributed by atoms with Crippen LogP contribution in [0.2, 0.25) is 0 Å². The second kappa shape index (κ2) is 6.51. The number of halogens is 2. The Kier molecular flexibility index (Phi) is 5.31. The van der Waals surface area contributed by atoms with Crippen LogP contribution in [-0.2, 0) is 11.2 Å². The second-order valence-corrected chi connectivity index (χ2v) is 3.91. The number of benzene rings is 1. The molecule has 5 heteroatoms. The molecular formula is C12H17F2NO2. The van der Waals surface area contributed by atoms with Crippen LogP contribution in [0.4, 0.5) is 8.78 Å². The first kappa shape index (κ1) is 13.9. The Bertz CT molecular complexity index is 347. The van der Waals surface area contributed by atoms with Crippen molar-refractivity contribution >= 4 is 0 Å². The predicted octanol–water partition coefficient (Wildman–Crippen LogP) is 1.88. The minimum absolute atomic E-state index is 0.108. The molecule has 0 aromatic heterocycles. The molecular weight excluding hydrogens is 228 g/mol. The van der Waals surface area contributed by atoms with Crippen molar-refractivity contribution in [2.45, 2.75) is 19.4 Å². The van der Waals surface area contributed by atoms with Crippen molar-refractivity contribution in [1.29, 1.82) is 0 Å². The van der Waals surface area contributed by atoms with Gasteiger partial charge >= 0.3 is 0 Å². The minimum atomic E-state index is -0.711. The molecule has 1 aromatic carbocycles. The molecule has 1 atom stereocenters. The molecule has 0 bridgehead atoms. The number of hydrogen-bond donors (Lipinski definition) is 1. The predicted molar refractivity (Wildman–Crippen MR) is 61.1 cm³/mol. The summed E-state index contributed by atoms with van der Waals surface area (Å²) in [6, 6.07) is 2.34. The van der Waals surface area contributed by atoms with Crippen LogP contribution < -0.4 is 10.5 Å². The maximum atomic E-state index is 13.5. The molecule has 0 heterocycles. The van der Waals surface area contributed by atoms with E-state index in [-0.39, 0.29) is 25.0 Å². The highest BCUT2D eigenvalue weighted by Gasteiger charge is 2.13. The van der Waals surface area contributed by atoms with Crippen LogP contribution in [0.1, 0.15) is 12.5 Å². The summed E-state index contributed by atoms with van der Waals surface area (Å²) in [6.45, 7) is 2.16. The van der Waals surface area contributed by atoms with Gasteiger partial charge in [0.15, 0.2) is 17.4 Å². The summed E-state index contributed by atoms with van der Waals surface area (Å²) in [6.07, 6.45) is 0.423. The van der Waals surface area contributed by atoms with E-state index in [1.807, 2.05) is 0 Å². The molecule has 1 rings (SSSR count). The van der Waals surface area contributed by atoms with E-state index in [9.17, 15) is 8.78 Å². The molecule has 1 unspecified atom stereocenters. The lowest BCUT2D eigenvalue weighted by Crippen LogP contribution is -2.18. The topological polar surface area (TPSA) is 44.5 Å². The molecule has 0 aliphatic carbocycles. The van der Waals surface area contributed by atoms with Gasteiger partial charge in [0.25, 0.3) is 0 Å². The molecule has 0 fully saturated rings. The highest BCUT2D eigenvalue weighted by atomic mass is 19.1. The lowest BCUT2D eigenvalue weighted by atomic mass is 10.1. The fourth-order valence-electron chi connectivity index (χ4n) is 1.47. The molecule has 2 N–H and O–H groups in total. The third-order valence-corrected chi connectivity index (χ3v) is 2.15. The summed E-state index contributed by atoms with van der Waals surface area (Å²) < 4.78 is 36.8. The van der Waals surface area contributed by atoms with E-state index in [1.54, 1.807) is 6.92 Å². The Morgan fingerprint density at radius 2 is 1.82 bits per heavy atom. The van der Waals surface area contributed by atoms with Crippen LogP contribution in [-0.4, -0.2) is 26.4 Å². The number of nitrogens with two attached hydrogens (primary N) is 1. The van der Waals surface area contributed by atoms with Crippen LogP contribution in [0.25, 0.3) is 0 Å². The van der Waals surface area contributed by atoms with Gasteiger partial charge in [-0.05, 0) is 31.0 Å². The Labute approximate surface area is 99.5 Å². The molecule has 17 heavy (non-hydrogen) atoms. The summed E-state index contributed by atoms with van der Waals surface area (Å²) in [4.78, 5) is 0. The van der Waals surface area contributed by atoms with Gasteiger partial charge in [-0.3, -0.25) is 0 Å². The molecule has 1 aromatic rings. The summed E-state index contributed by atoms with van der Waals surface area (Å²) >= 11 is 0. The minimum Gasteiger partial charge on any atom is -0.485 e. The summed E-state index contributed by atoms with van der Waals surface area (Å²) in [5.74, 6) is -1.79. The van der Waals surface area contributed by atoms with Gasteiger partial charge in [-0.15, -0.1) is 0 Å². The van der Waals surface area contributed by atoms with E-state index < -0.39 is 11.6 Å². The lowest BCUT2D eigenvalue weighted by Gasteiger charge is -2.11. The van der Waals surface area contributed by atoms with Crippen molar-refractivity contribution in [2.75, 3.05) is 20.3 Å². The zero-order valence-electron chi connectivity index (χ0n) is 10.0. The maximum absolute atomic E-state index is 13.5. The summed E-state index contributed by atoms with van der Waals surface area (Å²) in [5.41, 5.74) is 6.09. The standard InChI is InChI=1S/C12H17F2NO2/c1-8(15)5-9-6-10(13)12(11(14)7-9)17-4-3-16-2/h6-8H,3-5,15H2,1-2H3. The molecule has 0 spiro atoms. The third kappa shape index (κ3) is 4.28. The van der Waals surface area contributed by atoms with Crippen molar-refractivity contribution < 1.29 is 18.3 Å². The Hall–Kier alpha value is -1.20. The van der Waals surface area contributed by atoms with E-state index in [2.05, 4.69) is 0 Å². The van der Waals surface area contributed by atoms with Gasteiger partial charge in [-0.1, -0.05) is 0 Å². The molecule has 0 saturated heterocycles. The van der Waals surface area contributed by atoms with Gasteiger partial charge in [0.1, 0.15) is 6.61 Å². The molecule has 0 aliphatic rings. The van der Waals surface area contributed by atoms with Gasteiger partial charge in [0.2, 0.25) is 0 Å². The molecule has 3 nitrogen and oxygen atoms in total. The largest absolute Gasteiger partial charge is 0.485 e. The Morgan fingerprint density at radius 3 is 2.29 bits per heavy atom. The molecule has 96 valence electrons. The molecule has 0 aliphatic heterocycles. The maximum Gasteiger partial charge on any atom is 0.190 e. The lowest BCUT2D eigenvalue weighted by molar-refractivity contribution is 0.141. The van der Waals surface area contributed by atoms with Gasteiger partial charge in [-0.25, -0.2) is 8.78 Å². The first-order valence-corrected chi connectivity index (χ1v) is 5.39. The van der Waals surface area contributed by atoms with Gasteiger partial charge < -0.3 is 15.2 Å². The van der Waals surface area contributed by atoms with E-state index >= 15 is 0 Å². The smallest absolute Gasteiger partial charge is 0.190 e. The molecule has 0 saturated carbocycles. The number of hydrogen-bond acceptors (Lipinski definition) is 3. The average molecular weight is 245 g/mol. The zero-order valence-corrected chi connectivity index (χ0v) is 10.0. The first-order chi connectivity index (χ1) is 8.04. The highest BCUT2D eigenvalue weighted by molar-refractivity contribution is 5.31.